The van der Waals surface area contributed by atoms with Gasteiger partial charge in [0.2, 0.25) is 6.73 Å². The Bertz CT molecular complexity index is 753. The summed E-state index contributed by atoms with van der Waals surface area (Å²) < 4.78 is 11.3. The van der Waals surface area contributed by atoms with Crippen molar-refractivity contribution < 1.29 is 14.1 Å². The third-order valence-corrected chi connectivity index (χ3v) is 4.64. The van der Waals surface area contributed by atoms with Crippen LogP contribution in [0.15, 0.2) is 21.3 Å². The van der Waals surface area contributed by atoms with Crippen LogP contribution in [-0.2, 0) is 6.54 Å². The molecule has 0 spiro atoms. The van der Waals surface area contributed by atoms with E-state index in [0.717, 1.165) is 29.5 Å². The molecule has 3 rings (SSSR count). The Labute approximate surface area is 128 Å². The predicted molar refractivity (Wildman–Crippen MR) is 82.1 cm³/mol. The third-order valence-electron chi connectivity index (χ3n) is 4.36. The van der Waals surface area contributed by atoms with Crippen molar-refractivity contribution in [1.29, 1.82) is 0 Å². The van der Waals surface area contributed by atoms with Crippen LogP contribution >= 0.6 is 11.6 Å². The number of fused-ring (bicyclic) bond motifs is 3. The summed E-state index contributed by atoms with van der Waals surface area (Å²) >= 11 is 6.34. The van der Waals surface area contributed by atoms with Gasteiger partial charge >= 0.3 is 5.63 Å². The van der Waals surface area contributed by atoms with Gasteiger partial charge < -0.3 is 9.15 Å². The average molecular weight is 309 g/mol. The van der Waals surface area contributed by atoms with Crippen LogP contribution in [0.3, 0.4) is 0 Å². The first kappa shape index (κ1) is 14.4. The lowest BCUT2D eigenvalue weighted by Gasteiger charge is -2.30. The maximum Gasteiger partial charge on any atom is 0.336 e. The zero-order valence-corrected chi connectivity index (χ0v) is 13.2. The van der Waals surface area contributed by atoms with E-state index in [1.807, 2.05) is 13.0 Å². The van der Waals surface area contributed by atoms with Crippen molar-refractivity contribution in [1.82, 2.24) is 0 Å². The van der Waals surface area contributed by atoms with Gasteiger partial charge in [-0.25, -0.2) is 4.79 Å². The summed E-state index contributed by atoms with van der Waals surface area (Å²) in [6, 6.07) is 3.79. The highest BCUT2D eigenvalue weighted by Gasteiger charge is 2.29. The summed E-state index contributed by atoms with van der Waals surface area (Å²) in [5, 5.41) is 1.46. The lowest BCUT2D eigenvalue weighted by Crippen LogP contribution is -3.15. The molecule has 0 radical (unpaired) electrons. The van der Waals surface area contributed by atoms with E-state index in [-0.39, 0.29) is 5.63 Å². The highest BCUT2D eigenvalue weighted by molar-refractivity contribution is 6.33. The molecule has 5 heteroatoms. The van der Waals surface area contributed by atoms with Gasteiger partial charge in [0.1, 0.15) is 6.54 Å². The molecule has 4 nitrogen and oxygen atoms in total. The van der Waals surface area contributed by atoms with Crippen molar-refractivity contribution in [3.63, 3.8) is 0 Å². The van der Waals surface area contributed by atoms with Gasteiger partial charge in [0, 0.05) is 11.5 Å². The molecule has 1 aromatic carbocycles. The van der Waals surface area contributed by atoms with E-state index in [1.54, 1.807) is 0 Å². The number of benzene rings is 1. The molecule has 0 saturated carbocycles. The maximum absolute atomic E-state index is 11.7. The van der Waals surface area contributed by atoms with Crippen molar-refractivity contribution >= 4 is 22.6 Å². The number of rotatable bonds is 2. The summed E-state index contributed by atoms with van der Waals surface area (Å²) in [6.07, 6.45) is 1.06. The molecule has 1 unspecified atom stereocenters. The largest absolute Gasteiger partial charge is 0.443 e. The molecule has 0 saturated heterocycles. The van der Waals surface area contributed by atoms with Gasteiger partial charge in [-0.1, -0.05) is 18.5 Å². The Morgan fingerprint density at radius 2 is 2.19 bits per heavy atom. The quantitative estimate of drug-likeness (QED) is 0.866. The van der Waals surface area contributed by atoms with Crippen LogP contribution in [0, 0.1) is 6.92 Å². The predicted octanol–water partition coefficient (Wildman–Crippen LogP) is 2.29. The molecule has 21 heavy (non-hydrogen) atoms. The van der Waals surface area contributed by atoms with Gasteiger partial charge in [0.25, 0.3) is 0 Å². The second-order valence-electron chi connectivity index (χ2n) is 5.72. The lowest BCUT2D eigenvalue weighted by molar-refractivity contribution is -0.954. The SMILES string of the molecule is CC[C@H](C)[NH+]1COc2c(Cl)cc3c(C)cc(=O)oc3c2C1. The molecular formula is C16H19ClNO3+. The van der Waals surface area contributed by atoms with Gasteiger partial charge in [-0.2, -0.15) is 0 Å². The van der Waals surface area contributed by atoms with E-state index in [4.69, 9.17) is 20.8 Å². The zero-order valence-electron chi connectivity index (χ0n) is 12.5. The van der Waals surface area contributed by atoms with Crippen LogP contribution in [0.5, 0.6) is 5.75 Å². The van der Waals surface area contributed by atoms with Gasteiger partial charge in [-0.15, -0.1) is 0 Å². The summed E-state index contributed by atoms with van der Waals surface area (Å²) in [4.78, 5) is 13.0. The summed E-state index contributed by atoms with van der Waals surface area (Å²) in [6.45, 7) is 7.59. The number of aryl methyl sites for hydroxylation is 1. The Morgan fingerprint density at radius 1 is 1.43 bits per heavy atom. The highest BCUT2D eigenvalue weighted by atomic mass is 35.5. The van der Waals surface area contributed by atoms with Crippen LogP contribution in [0.1, 0.15) is 31.4 Å². The molecule has 1 aliphatic heterocycles. The van der Waals surface area contributed by atoms with Crippen LogP contribution in [0.2, 0.25) is 5.02 Å². The monoisotopic (exact) mass is 308 g/mol. The molecule has 2 heterocycles. The molecule has 0 bridgehead atoms. The molecule has 0 amide bonds. The van der Waals surface area contributed by atoms with Crippen molar-refractivity contribution in [2.24, 2.45) is 0 Å². The summed E-state index contributed by atoms with van der Waals surface area (Å²) in [5.74, 6) is 0.657. The maximum atomic E-state index is 11.7. The molecule has 1 aliphatic rings. The number of ether oxygens (including phenoxy) is 1. The van der Waals surface area contributed by atoms with Gasteiger partial charge in [0.15, 0.2) is 11.3 Å². The number of hydrogen-bond donors (Lipinski definition) is 1. The number of halogens is 1. The Hall–Kier alpha value is -1.52. The molecule has 0 fully saturated rings. The number of hydrogen-bond acceptors (Lipinski definition) is 3. The second-order valence-corrected chi connectivity index (χ2v) is 6.13. The Morgan fingerprint density at radius 3 is 2.90 bits per heavy atom. The summed E-state index contributed by atoms with van der Waals surface area (Å²) in [5.41, 5.74) is 2.06. The normalized spacial score (nSPS) is 19.1. The first-order valence-electron chi connectivity index (χ1n) is 7.24. The van der Waals surface area contributed by atoms with Crippen LogP contribution < -0.4 is 15.3 Å². The third kappa shape index (κ3) is 2.43. The van der Waals surface area contributed by atoms with Crippen LogP contribution in [0.4, 0.5) is 0 Å². The number of nitrogens with one attached hydrogen (secondary N) is 1. The second kappa shape index (κ2) is 5.35. The Balaban J connectivity index is 2.22. The molecule has 2 atom stereocenters. The fourth-order valence-electron chi connectivity index (χ4n) is 2.83. The van der Waals surface area contributed by atoms with E-state index in [9.17, 15) is 4.79 Å². The van der Waals surface area contributed by atoms with Crippen molar-refractivity contribution in [3.8, 4) is 5.75 Å². The van der Waals surface area contributed by atoms with Gasteiger partial charge in [-0.05, 0) is 31.9 Å². The Kier molecular flexibility index (Phi) is 3.68. The minimum atomic E-state index is -0.333. The smallest absolute Gasteiger partial charge is 0.336 e. The molecule has 112 valence electrons. The molecule has 0 aliphatic carbocycles. The van der Waals surface area contributed by atoms with Gasteiger partial charge in [0.05, 0.1) is 16.6 Å². The fraction of sp³-hybridized carbons (Fsp3) is 0.438. The van der Waals surface area contributed by atoms with Crippen molar-refractivity contribution in [3.05, 3.63) is 38.7 Å². The van der Waals surface area contributed by atoms with Crippen molar-refractivity contribution in [2.45, 2.75) is 39.8 Å². The molecular weight excluding hydrogens is 290 g/mol. The fourth-order valence-corrected chi connectivity index (χ4v) is 3.10. The van der Waals surface area contributed by atoms with Crippen LogP contribution in [-0.4, -0.2) is 12.8 Å². The average Bonchev–Trinajstić information content (AvgIpc) is 2.47. The standard InChI is InChI=1S/C16H18ClNO3/c1-4-10(3)18-7-12-15-11(9(2)5-14(19)21-15)6-13(17)16(12)20-8-18/h5-6,10H,4,7-8H2,1-3H3/p+1/t10-/m0/s1. The molecule has 2 aromatic rings. The van der Waals surface area contributed by atoms with E-state index in [1.165, 1.54) is 11.0 Å². The highest BCUT2D eigenvalue weighted by Crippen LogP contribution is 2.36. The molecule has 1 N–H and O–H groups in total. The van der Waals surface area contributed by atoms with Gasteiger partial charge in [-0.3, -0.25) is 4.90 Å². The van der Waals surface area contributed by atoms with Crippen molar-refractivity contribution in [2.75, 3.05) is 6.73 Å². The summed E-state index contributed by atoms with van der Waals surface area (Å²) in [7, 11) is 0. The van der Waals surface area contributed by atoms with Crippen LogP contribution in [0.25, 0.3) is 11.0 Å². The van der Waals surface area contributed by atoms with E-state index in [2.05, 4.69) is 13.8 Å². The minimum Gasteiger partial charge on any atom is -0.443 e. The number of quaternary nitrogens is 1. The topological polar surface area (TPSA) is 43.9 Å². The first-order chi connectivity index (χ1) is 10.0. The van der Waals surface area contributed by atoms with E-state index in [0.29, 0.717) is 29.1 Å². The van der Waals surface area contributed by atoms with E-state index >= 15 is 0 Å². The zero-order chi connectivity index (χ0) is 15.1. The first-order valence-corrected chi connectivity index (χ1v) is 7.62. The minimum absolute atomic E-state index is 0.333. The lowest BCUT2D eigenvalue weighted by atomic mass is 10.0. The van der Waals surface area contributed by atoms with E-state index < -0.39 is 0 Å². The molecule has 1 aromatic heterocycles.